The molecule has 0 radical (unpaired) electrons. The van der Waals surface area contributed by atoms with Gasteiger partial charge >= 0.3 is 0 Å². The maximum Gasteiger partial charge on any atom is 0.220 e. The number of hydrogen-bond donors (Lipinski definition) is 1. The second-order valence-corrected chi connectivity index (χ2v) is 3.74. The Morgan fingerprint density at radius 1 is 1.12 bits per heavy atom. The summed E-state index contributed by atoms with van der Waals surface area (Å²) in [5, 5.41) is 0. The Hall–Kier alpha value is -1.97. The van der Waals surface area contributed by atoms with Crippen LogP contribution in [-0.2, 0) is 0 Å². The van der Waals surface area contributed by atoms with Crippen LogP contribution in [0.4, 0.5) is 10.3 Å². The molecule has 1 aromatic carbocycles. The van der Waals surface area contributed by atoms with Crippen molar-refractivity contribution in [2.75, 3.05) is 5.73 Å². The number of hydrogen-bond acceptors (Lipinski definition) is 3. The molecule has 0 aliphatic carbocycles. The topological polar surface area (TPSA) is 51.8 Å². The lowest BCUT2D eigenvalue weighted by molar-refractivity contribution is 0.630. The Morgan fingerprint density at radius 3 is 2.56 bits per heavy atom. The first-order valence-electron chi connectivity index (χ1n) is 4.94. The molecule has 0 saturated carbocycles. The zero-order valence-corrected chi connectivity index (χ0v) is 9.16. The van der Waals surface area contributed by atoms with Crippen molar-refractivity contribution in [3.05, 3.63) is 41.3 Å². The number of nitrogens with two attached hydrogens (primary N) is 1. The van der Waals surface area contributed by atoms with Gasteiger partial charge in [0.2, 0.25) is 5.95 Å². The molecular weight excluding hydrogens is 205 g/mol. The van der Waals surface area contributed by atoms with Gasteiger partial charge in [-0.05, 0) is 32.0 Å². The molecule has 2 N–H and O–H groups in total. The molecule has 0 aliphatic rings. The van der Waals surface area contributed by atoms with Gasteiger partial charge in [-0.3, -0.25) is 0 Å². The Balaban J connectivity index is 2.62. The molecule has 0 amide bonds. The molecule has 2 rings (SSSR count). The van der Waals surface area contributed by atoms with Gasteiger partial charge in [-0.15, -0.1) is 0 Å². The highest BCUT2D eigenvalue weighted by Crippen LogP contribution is 2.23. The molecule has 82 valence electrons. The zero-order valence-electron chi connectivity index (χ0n) is 9.16. The highest BCUT2D eigenvalue weighted by Gasteiger charge is 2.08. The molecule has 3 nitrogen and oxygen atoms in total. The highest BCUT2D eigenvalue weighted by atomic mass is 19.1. The molecular formula is C12H12FN3. The van der Waals surface area contributed by atoms with Crippen molar-refractivity contribution < 1.29 is 4.39 Å². The Bertz CT molecular complexity index is 518. The van der Waals surface area contributed by atoms with Crippen LogP contribution < -0.4 is 5.73 Å². The minimum Gasteiger partial charge on any atom is -0.368 e. The van der Waals surface area contributed by atoms with Crippen molar-refractivity contribution in [2.45, 2.75) is 13.8 Å². The third-order valence-electron chi connectivity index (χ3n) is 2.27. The van der Waals surface area contributed by atoms with E-state index in [1.54, 1.807) is 25.1 Å². The van der Waals surface area contributed by atoms with E-state index in [9.17, 15) is 4.39 Å². The average molecular weight is 217 g/mol. The summed E-state index contributed by atoms with van der Waals surface area (Å²) in [5.41, 5.74) is 8.22. The Kier molecular flexibility index (Phi) is 2.56. The fourth-order valence-corrected chi connectivity index (χ4v) is 1.56. The van der Waals surface area contributed by atoms with Gasteiger partial charge in [0.25, 0.3) is 0 Å². The Labute approximate surface area is 93.2 Å². The minimum atomic E-state index is -0.303. The van der Waals surface area contributed by atoms with Gasteiger partial charge in [0, 0.05) is 11.3 Å². The van der Waals surface area contributed by atoms with Crippen molar-refractivity contribution in [2.24, 2.45) is 0 Å². The van der Waals surface area contributed by atoms with Crippen LogP contribution in [0.2, 0.25) is 0 Å². The van der Waals surface area contributed by atoms with E-state index < -0.39 is 0 Å². The molecule has 0 unspecified atom stereocenters. The summed E-state index contributed by atoms with van der Waals surface area (Å²) in [4.78, 5) is 7.99. The van der Waals surface area contributed by atoms with Gasteiger partial charge in [0.15, 0.2) is 0 Å². The first kappa shape index (κ1) is 10.5. The SMILES string of the molecule is Cc1ccc(F)c(-c2cc(C)nc(N)n2)c1. The normalized spacial score (nSPS) is 10.4. The number of aromatic nitrogens is 2. The summed E-state index contributed by atoms with van der Waals surface area (Å²) in [5.74, 6) is -0.140. The lowest BCUT2D eigenvalue weighted by Gasteiger charge is -2.05. The standard InChI is InChI=1S/C12H12FN3/c1-7-3-4-10(13)9(5-7)11-6-8(2)15-12(14)16-11/h3-6H,1-2H3,(H2,14,15,16). The van der Waals surface area contributed by atoms with Crippen LogP contribution in [0.5, 0.6) is 0 Å². The molecule has 1 aromatic heterocycles. The van der Waals surface area contributed by atoms with Gasteiger partial charge in [-0.1, -0.05) is 11.6 Å². The fraction of sp³-hybridized carbons (Fsp3) is 0.167. The molecule has 0 aliphatic heterocycles. The molecule has 1 heterocycles. The largest absolute Gasteiger partial charge is 0.368 e. The number of anilines is 1. The van der Waals surface area contributed by atoms with Crippen LogP contribution in [0.15, 0.2) is 24.3 Å². The van der Waals surface area contributed by atoms with E-state index in [-0.39, 0.29) is 11.8 Å². The second-order valence-electron chi connectivity index (χ2n) is 3.74. The van der Waals surface area contributed by atoms with Crippen LogP contribution in [0, 0.1) is 19.7 Å². The van der Waals surface area contributed by atoms with Crippen molar-refractivity contribution in [1.82, 2.24) is 9.97 Å². The maximum atomic E-state index is 13.6. The van der Waals surface area contributed by atoms with E-state index in [0.29, 0.717) is 11.3 Å². The van der Waals surface area contributed by atoms with Gasteiger partial charge < -0.3 is 5.73 Å². The van der Waals surface area contributed by atoms with Gasteiger partial charge in [0.05, 0.1) is 5.69 Å². The predicted octanol–water partition coefficient (Wildman–Crippen LogP) is 2.48. The third-order valence-corrected chi connectivity index (χ3v) is 2.27. The maximum absolute atomic E-state index is 13.6. The van der Waals surface area contributed by atoms with E-state index in [0.717, 1.165) is 11.3 Å². The number of benzene rings is 1. The first-order chi connectivity index (χ1) is 7.56. The van der Waals surface area contributed by atoms with E-state index >= 15 is 0 Å². The van der Waals surface area contributed by atoms with Gasteiger partial charge in [-0.25, -0.2) is 14.4 Å². The van der Waals surface area contributed by atoms with E-state index in [2.05, 4.69) is 9.97 Å². The summed E-state index contributed by atoms with van der Waals surface area (Å²) in [6, 6.07) is 6.61. The molecule has 4 heteroatoms. The molecule has 0 bridgehead atoms. The van der Waals surface area contributed by atoms with Crippen molar-refractivity contribution in [3.8, 4) is 11.3 Å². The number of nitrogens with zero attached hydrogens (tertiary/aromatic N) is 2. The summed E-state index contributed by atoms with van der Waals surface area (Å²) < 4.78 is 13.6. The molecule has 0 spiro atoms. The minimum absolute atomic E-state index is 0.163. The van der Waals surface area contributed by atoms with Crippen molar-refractivity contribution in [3.63, 3.8) is 0 Å². The monoisotopic (exact) mass is 217 g/mol. The highest BCUT2D eigenvalue weighted by molar-refractivity contribution is 5.62. The molecule has 2 aromatic rings. The third kappa shape index (κ3) is 2.00. The van der Waals surface area contributed by atoms with Crippen LogP contribution >= 0.6 is 0 Å². The fourth-order valence-electron chi connectivity index (χ4n) is 1.56. The van der Waals surface area contributed by atoms with Crippen LogP contribution in [0.25, 0.3) is 11.3 Å². The lowest BCUT2D eigenvalue weighted by atomic mass is 10.1. The Morgan fingerprint density at radius 2 is 1.88 bits per heavy atom. The average Bonchev–Trinajstić information content (AvgIpc) is 2.20. The number of aryl methyl sites for hydroxylation is 2. The van der Waals surface area contributed by atoms with Crippen LogP contribution in [0.1, 0.15) is 11.3 Å². The number of halogens is 1. The summed E-state index contributed by atoms with van der Waals surface area (Å²) in [6.07, 6.45) is 0. The van der Waals surface area contributed by atoms with Crippen molar-refractivity contribution in [1.29, 1.82) is 0 Å². The molecule has 0 atom stereocenters. The van der Waals surface area contributed by atoms with E-state index in [4.69, 9.17) is 5.73 Å². The molecule has 0 fully saturated rings. The quantitative estimate of drug-likeness (QED) is 0.798. The van der Waals surface area contributed by atoms with Gasteiger partial charge in [0.1, 0.15) is 5.82 Å². The van der Waals surface area contributed by atoms with Gasteiger partial charge in [-0.2, -0.15) is 0 Å². The zero-order chi connectivity index (χ0) is 11.7. The molecule has 16 heavy (non-hydrogen) atoms. The first-order valence-corrected chi connectivity index (χ1v) is 4.94. The summed E-state index contributed by atoms with van der Waals surface area (Å²) >= 11 is 0. The second kappa shape index (κ2) is 3.89. The number of nitrogen functional groups attached to an aromatic ring is 1. The number of rotatable bonds is 1. The van der Waals surface area contributed by atoms with Crippen LogP contribution in [0.3, 0.4) is 0 Å². The lowest BCUT2D eigenvalue weighted by Crippen LogP contribution is -1.99. The summed E-state index contributed by atoms with van der Waals surface area (Å²) in [7, 11) is 0. The summed E-state index contributed by atoms with van der Waals surface area (Å²) in [6.45, 7) is 3.70. The van der Waals surface area contributed by atoms with E-state index in [1.165, 1.54) is 6.07 Å². The molecule has 0 saturated heterocycles. The van der Waals surface area contributed by atoms with Crippen LogP contribution in [-0.4, -0.2) is 9.97 Å². The predicted molar refractivity (Wildman–Crippen MR) is 61.3 cm³/mol. The smallest absolute Gasteiger partial charge is 0.220 e. The van der Waals surface area contributed by atoms with E-state index in [1.807, 2.05) is 6.92 Å². The van der Waals surface area contributed by atoms with Crippen molar-refractivity contribution >= 4 is 5.95 Å².